The maximum Gasteiger partial charge on any atom is 0.317 e. The Kier molecular flexibility index (Phi) is 4.98. The van der Waals surface area contributed by atoms with E-state index in [1.807, 2.05) is 0 Å². The van der Waals surface area contributed by atoms with E-state index in [0.29, 0.717) is 30.0 Å². The standard InChI is InChI=1S/C15H21N5O3S/c16-12(21)6-11-8-24-14(17-11)19-13(22)9-2-1-5-20(7-9)15(23)18-10-3-4-10/h8-10H,1-7H2,(H2,16,21)(H,18,23)(H,17,19,22). The Labute approximate surface area is 143 Å². The van der Waals surface area contributed by atoms with Crippen LogP contribution >= 0.6 is 11.3 Å². The van der Waals surface area contributed by atoms with Gasteiger partial charge in [0.05, 0.1) is 18.0 Å². The highest BCUT2D eigenvalue weighted by Gasteiger charge is 2.31. The van der Waals surface area contributed by atoms with Crippen LogP contribution in [0.1, 0.15) is 31.4 Å². The molecule has 4 N–H and O–H groups in total. The third kappa shape index (κ3) is 4.44. The molecule has 1 aliphatic carbocycles. The zero-order valence-corrected chi connectivity index (χ0v) is 14.1. The number of rotatable bonds is 5. The Morgan fingerprint density at radius 2 is 2.12 bits per heavy atom. The number of amides is 4. The first kappa shape index (κ1) is 16.7. The first-order chi connectivity index (χ1) is 11.5. The number of anilines is 1. The van der Waals surface area contributed by atoms with E-state index in [-0.39, 0.29) is 24.3 Å². The number of hydrogen-bond donors (Lipinski definition) is 3. The van der Waals surface area contributed by atoms with Crippen molar-refractivity contribution in [3.05, 3.63) is 11.1 Å². The van der Waals surface area contributed by atoms with Gasteiger partial charge in [-0.05, 0) is 25.7 Å². The summed E-state index contributed by atoms with van der Waals surface area (Å²) in [5, 5.41) is 7.89. The summed E-state index contributed by atoms with van der Waals surface area (Å²) in [7, 11) is 0. The Balaban J connectivity index is 1.52. The fourth-order valence-corrected chi connectivity index (χ4v) is 3.41. The lowest BCUT2D eigenvalue weighted by Crippen LogP contribution is -2.48. The topological polar surface area (TPSA) is 117 Å². The van der Waals surface area contributed by atoms with Gasteiger partial charge >= 0.3 is 6.03 Å². The summed E-state index contributed by atoms with van der Waals surface area (Å²) >= 11 is 1.26. The van der Waals surface area contributed by atoms with Gasteiger partial charge < -0.3 is 21.3 Å². The van der Waals surface area contributed by atoms with Gasteiger partial charge in [-0.25, -0.2) is 9.78 Å². The maximum absolute atomic E-state index is 12.4. The molecule has 3 rings (SSSR count). The Morgan fingerprint density at radius 3 is 2.83 bits per heavy atom. The smallest absolute Gasteiger partial charge is 0.317 e. The van der Waals surface area contributed by atoms with E-state index in [2.05, 4.69) is 15.6 Å². The van der Waals surface area contributed by atoms with Crippen LogP contribution in [-0.4, -0.2) is 46.9 Å². The highest BCUT2D eigenvalue weighted by molar-refractivity contribution is 7.13. The maximum atomic E-state index is 12.4. The summed E-state index contributed by atoms with van der Waals surface area (Å²) < 4.78 is 0. The van der Waals surface area contributed by atoms with Crippen molar-refractivity contribution in [1.82, 2.24) is 15.2 Å². The van der Waals surface area contributed by atoms with Gasteiger partial charge in [-0.15, -0.1) is 11.3 Å². The minimum absolute atomic E-state index is 0.0604. The molecule has 1 unspecified atom stereocenters. The van der Waals surface area contributed by atoms with Gasteiger partial charge in [0, 0.05) is 24.5 Å². The molecule has 2 aliphatic rings. The van der Waals surface area contributed by atoms with Crippen LogP contribution < -0.4 is 16.4 Å². The largest absolute Gasteiger partial charge is 0.369 e. The summed E-state index contributed by atoms with van der Waals surface area (Å²) in [4.78, 5) is 41.3. The Morgan fingerprint density at radius 1 is 1.33 bits per heavy atom. The second-order valence-electron chi connectivity index (χ2n) is 6.29. The van der Waals surface area contributed by atoms with Crippen molar-refractivity contribution >= 4 is 34.3 Å². The number of nitrogens with two attached hydrogens (primary N) is 1. The van der Waals surface area contributed by atoms with E-state index < -0.39 is 5.91 Å². The highest BCUT2D eigenvalue weighted by Crippen LogP contribution is 2.23. The number of aromatic nitrogens is 1. The number of primary amides is 1. The molecular weight excluding hydrogens is 330 g/mol. The molecular formula is C15H21N5O3S. The predicted octanol–water partition coefficient (Wildman–Crippen LogP) is 0.693. The second kappa shape index (κ2) is 7.16. The number of nitrogens with one attached hydrogen (secondary N) is 2. The molecule has 1 aliphatic heterocycles. The van der Waals surface area contributed by atoms with E-state index in [9.17, 15) is 14.4 Å². The molecule has 130 valence electrons. The number of nitrogens with zero attached hydrogens (tertiary/aromatic N) is 2. The van der Waals surface area contributed by atoms with Crippen LogP contribution in [0, 0.1) is 5.92 Å². The summed E-state index contributed by atoms with van der Waals surface area (Å²) in [6, 6.07) is 0.235. The van der Waals surface area contributed by atoms with Crippen molar-refractivity contribution in [2.45, 2.75) is 38.1 Å². The number of carbonyl (C=O) groups is 3. The van der Waals surface area contributed by atoms with Crippen LogP contribution in [0.3, 0.4) is 0 Å². The molecule has 2 fully saturated rings. The molecule has 4 amide bonds. The van der Waals surface area contributed by atoms with Crippen LogP contribution in [0.25, 0.3) is 0 Å². The molecule has 0 aromatic carbocycles. The number of likely N-dealkylation sites (tertiary alicyclic amines) is 1. The minimum Gasteiger partial charge on any atom is -0.369 e. The summed E-state index contributed by atoms with van der Waals surface area (Å²) in [5.41, 5.74) is 5.68. The Hall–Kier alpha value is -2.16. The molecule has 24 heavy (non-hydrogen) atoms. The summed E-state index contributed by atoms with van der Waals surface area (Å²) in [6.45, 7) is 1.10. The molecule has 0 radical (unpaired) electrons. The van der Waals surface area contributed by atoms with Crippen molar-refractivity contribution < 1.29 is 14.4 Å². The van der Waals surface area contributed by atoms with Gasteiger partial charge in [-0.1, -0.05) is 0 Å². The third-order valence-electron chi connectivity index (χ3n) is 4.12. The monoisotopic (exact) mass is 351 g/mol. The van der Waals surface area contributed by atoms with Crippen LogP contribution in [0.2, 0.25) is 0 Å². The van der Waals surface area contributed by atoms with Gasteiger partial charge in [0.25, 0.3) is 0 Å². The van der Waals surface area contributed by atoms with Crippen molar-refractivity contribution in [3.63, 3.8) is 0 Å². The van der Waals surface area contributed by atoms with E-state index >= 15 is 0 Å². The van der Waals surface area contributed by atoms with Crippen molar-refractivity contribution in [2.75, 3.05) is 18.4 Å². The number of urea groups is 1. The van der Waals surface area contributed by atoms with Crippen LogP contribution in [0.5, 0.6) is 0 Å². The van der Waals surface area contributed by atoms with Crippen LogP contribution in [0.15, 0.2) is 5.38 Å². The van der Waals surface area contributed by atoms with Crippen molar-refractivity contribution in [2.24, 2.45) is 11.7 Å². The number of thiazole rings is 1. The normalized spacial score (nSPS) is 20.5. The second-order valence-corrected chi connectivity index (χ2v) is 7.14. The molecule has 1 saturated carbocycles. The number of carbonyl (C=O) groups excluding carboxylic acids is 3. The Bertz CT molecular complexity index is 643. The van der Waals surface area contributed by atoms with Crippen LogP contribution in [0.4, 0.5) is 9.93 Å². The van der Waals surface area contributed by atoms with Crippen molar-refractivity contribution in [1.29, 1.82) is 0 Å². The fourth-order valence-electron chi connectivity index (χ4n) is 2.70. The molecule has 1 aromatic rings. The molecule has 1 saturated heterocycles. The van der Waals surface area contributed by atoms with Gasteiger partial charge in [-0.3, -0.25) is 9.59 Å². The van der Waals surface area contributed by atoms with Crippen LogP contribution in [-0.2, 0) is 16.0 Å². The van der Waals surface area contributed by atoms with E-state index in [1.165, 1.54) is 11.3 Å². The number of piperidine rings is 1. The molecule has 0 spiro atoms. The van der Waals surface area contributed by atoms with E-state index in [0.717, 1.165) is 25.7 Å². The van der Waals surface area contributed by atoms with E-state index in [4.69, 9.17) is 5.73 Å². The zero-order valence-electron chi connectivity index (χ0n) is 13.3. The predicted molar refractivity (Wildman–Crippen MR) is 89.5 cm³/mol. The van der Waals surface area contributed by atoms with Gasteiger partial charge in [0.15, 0.2) is 5.13 Å². The molecule has 0 bridgehead atoms. The summed E-state index contributed by atoms with van der Waals surface area (Å²) in [5.74, 6) is -0.839. The average molecular weight is 351 g/mol. The SMILES string of the molecule is NC(=O)Cc1csc(NC(=O)C2CCCN(C(=O)NC3CC3)C2)n1. The number of hydrogen-bond acceptors (Lipinski definition) is 5. The van der Waals surface area contributed by atoms with Gasteiger partial charge in [0.2, 0.25) is 11.8 Å². The lowest BCUT2D eigenvalue weighted by molar-refractivity contribution is -0.121. The summed E-state index contributed by atoms with van der Waals surface area (Å²) in [6.07, 6.45) is 3.70. The molecule has 9 heteroatoms. The minimum atomic E-state index is -0.456. The van der Waals surface area contributed by atoms with Gasteiger partial charge in [-0.2, -0.15) is 0 Å². The first-order valence-corrected chi connectivity index (χ1v) is 8.98. The first-order valence-electron chi connectivity index (χ1n) is 8.10. The molecule has 2 heterocycles. The quantitative estimate of drug-likeness (QED) is 0.723. The third-order valence-corrected chi connectivity index (χ3v) is 4.93. The van der Waals surface area contributed by atoms with E-state index in [1.54, 1.807) is 10.3 Å². The lowest BCUT2D eigenvalue weighted by Gasteiger charge is -2.31. The zero-order chi connectivity index (χ0) is 17.1. The average Bonchev–Trinajstić information content (AvgIpc) is 3.26. The fraction of sp³-hybridized carbons (Fsp3) is 0.600. The van der Waals surface area contributed by atoms with Gasteiger partial charge in [0.1, 0.15) is 0 Å². The lowest BCUT2D eigenvalue weighted by atomic mass is 9.97. The van der Waals surface area contributed by atoms with Crippen molar-refractivity contribution in [3.8, 4) is 0 Å². The molecule has 1 aromatic heterocycles. The molecule has 1 atom stereocenters. The molecule has 8 nitrogen and oxygen atoms in total. The highest BCUT2D eigenvalue weighted by atomic mass is 32.1.